The number of imidazole rings is 1. The molecule has 5 nitrogen and oxygen atoms in total. The highest BCUT2D eigenvalue weighted by atomic mass is 19.1. The Labute approximate surface area is 151 Å². The van der Waals surface area contributed by atoms with Crippen molar-refractivity contribution in [1.82, 2.24) is 15.0 Å². The lowest BCUT2D eigenvalue weighted by Crippen LogP contribution is -2.02. The summed E-state index contributed by atoms with van der Waals surface area (Å²) in [6, 6.07) is 10.0. The van der Waals surface area contributed by atoms with E-state index in [1.165, 1.54) is 12.1 Å². The molecule has 26 heavy (non-hydrogen) atoms. The number of benzene rings is 1. The number of rotatable bonds is 7. The first-order valence-electron chi connectivity index (χ1n) is 8.51. The fourth-order valence-corrected chi connectivity index (χ4v) is 2.63. The second kappa shape index (κ2) is 8.26. The van der Waals surface area contributed by atoms with Crippen molar-refractivity contribution in [3.8, 4) is 23.2 Å². The molecule has 0 bridgehead atoms. The van der Waals surface area contributed by atoms with Gasteiger partial charge in [0.25, 0.3) is 0 Å². The molecular formula is C20H19FN4O. The van der Waals surface area contributed by atoms with E-state index in [0.717, 1.165) is 24.1 Å². The number of aromatic nitrogens is 3. The summed E-state index contributed by atoms with van der Waals surface area (Å²) in [6.45, 7) is 2.63. The van der Waals surface area contributed by atoms with Crippen LogP contribution in [0.5, 0.6) is 5.75 Å². The fraction of sp³-hybridized carbons (Fsp3) is 0.250. The minimum absolute atomic E-state index is 0.325. The number of unbranched alkanes of at least 4 members (excludes halogenated alkanes) is 1. The van der Waals surface area contributed by atoms with E-state index in [4.69, 9.17) is 10.00 Å². The van der Waals surface area contributed by atoms with E-state index < -0.39 is 0 Å². The van der Waals surface area contributed by atoms with Gasteiger partial charge in [0.1, 0.15) is 17.3 Å². The van der Waals surface area contributed by atoms with Gasteiger partial charge in [0, 0.05) is 29.9 Å². The second-order valence-corrected chi connectivity index (χ2v) is 5.90. The molecule has 3 aromatic rings. The van der Waals surface area contributed by atoms with Crippen molar-refractivity contribution in [2.24, 2.45) is 0 Å². The monoisotopic (exact) mass is 350 g/mol. The molecule has 0 aliphatic heterocycles. The highest BCUT2D eigenvalue weighted by Crippen LogP contribution is 2.27. The Hall–Kier alpha value is -3.20. The first-order chi connectivity index (χ1) is 12.7. The maximum Gasteiger partial charge on any atom is 0.126 e. The summed E-state index contributed by atoms with van der Waals surface area (Å²) in [6.07, 6.45) is 5.60. The zero-order valence-corrected chi connectivity index (χ0v) is 14.5. The Balaban J connectivity index is 1.89. The van der Waals surface area contributed by atoms with Crippen LogP contribution in [0.15, 0.2) is 42.9 Å². The minimum Gasteiger partial charge on any atom is -0.493 e. The Morgan fingerprint density at radius 3 is 2.92 bits per heavy atom. The first-order valence-corrected chi connectivity index (χ1v) is 8.51. The van der Waals surface area contributed by atoms with Gasteiger partial charge in [-0.1, -0.05) is 19.4 Å². The molecule has 0 fully saturated rings. The maximum atomic E-state index is 13.6. The van der Waals surface area contributed by atoms with E-state index in [1.54, 1.807) is 30.7 Å². The standard InChI is InChI=1S/C20H19FN4O/c1-2-3-8-26-19-11-16(21)5-4-15(19)10-18-20(25-13-24-18)17-9-14(12-22)6-7-23-17/h4-7,9,11,13H,2-3,8,10H2,1H3,(H,24,25). The van der Waals surface area contributed by atoms with Gasteiger partial charge in [-0.05, 0) is 24.6 Å². The van der Waals surface area contributed by atoms with Gasteiger partial charge in [-0.3, -0.25) is 4.98 Å². The summed E-state index contributed by atoms with van der Waals surface area (Å²) in [5.74, 6) is 0.214. The zero-order chi connectivity index (χ0) is 18.4. The maximum absolute atomic E-state index is 13.6. The van der Waals surface area contributed by atoms with Crippen molar-refractivity contribution < 1.29 is 9.13 Å². The number of ether oxygens (including phenoxy) is 1. The predicted molar refractivity (Wildman–Crippen MR) is 96.1 cm³/mol. The number of H-pyrrole nitrogens is 1. The molecule has 0 saturated carbocycles. The number of nitriles is 1. The van der Waals surface area contributed by atoms with Gasteiger partial charge in [-0.15, -0.1) is 0 Å². The molecule has 0 saturated heterocycles. The van der Waals surface area contributed by atoms with E-state index in [1.807, 2.05) is 0 Å². The third kappa shape index (κ3) is 4.06. The van der Waals surface area contributed by atoms with Gasteiger partial charge in [-0.25, -0.2) is 9.37 Å². The summed E-state index contributed by atoms with van der Waals surface area (Å²) in [5, 5.41) is 9.07. The van der Waals surface area contributed by atoms with Crippen molar-refractivity contribution in [2.75, 3.05) is 6.61 Å². The highest BCUT2D eigenvalue weighted by Gasteiger charge is 2.14. The Morgan fingerprint density at radius 1 is 1.23 bits per heavy atom. The summed E-state index contributed by atoms with van der Waals surface area (Å²) in [4.78, 5) is 11.8. The van der Waals surface area contributed by atoms with E-state index in [2.05, 4.69) is 27.9 Å². The van der Waals surface area contributed by atoms with Crippen LogP contribution in [-0.2, 0) is 6.42 Å². The topological polar surface area (TPSA) is 74.6 Å². The summed E-state index contributed by atoms with van der Waals surface area (Å²) in [7, 11) is 0. The summed E-state index contributed by atoms with van der Waals surface area (Å²) in [5.41, 5.74) is 3.51. The van der Waals surface area contributed by atoms with Gasteiger partial charge < -0.3 is 9.72 Å². The normalized spacial score (nSPS) is 10.5. The average Bonchev–Trinajstić information content (AvgIpc) is 3.12. The van der Waals surface area contributed by atoms with Crippen LogP contribution >= 0.6 is 0 Å². The van der Waals surface area contributed by atoms with Gasteiger partial charge in [-0.2, -0.15) is 5.26 Å². The van der Waals surface area contributed by atoms with Crippen LogP contribution in [-0.4, -0.2) is 21.6 Å². The van der Waals surface area contributed by atoms with Gasteiger partial charge in [0.15, 0.2) is 0 Å². The van der Waals surface area contributed by atoms with Crippen LogP contribution in [0.2, 0.25) is 0 Å². The summed E-state index contributed by atoms with van der Waals surface area (Å²) >= 11 is 0. The Kier molecular flexibility index (Phi) is 5.59. The quantitative estimate of drug-likeness (QED) is 0.646. The van der Waals surface area contributed by atoms with Crippen LogP contribution in [0.1, 0.15) is 36.6 Å². The van der Waals surface area contributed by atoms with Crippen molar-refractivity contribution in [3.63, 3.8) is 0 Å². The third-order valence-electron chi connectivity index (χ3n) is 4.00. The van der Waals surface area contributed by atoms with Crippen LogP contribution in [0.25, 0.3) is 11.4 Å². The van der Waals surface area contributed by atoms with Crippen LogP contribution < -0.4 is 4.74 Å². The lowest BCUT2D eigenvalue weighted by Gasteiger charge is -2.11. The Bertz CT molecular complexity index is 930. The number of nitrogens with zero attached hydrogens (tertiary/aromatic N) is 3. The number of hydrogen-bond donors (Lipinski definition) is 1. The molecular weight excluding hydrogens is 331 g/mol. The number of pyridine rings is 1. The third-order valence-corrected chi connectivity index (χ3v) is 4.00. The molecule has 0 spiro atoms. The van der Waals surface area contributed by atoms with Crippen molar-refractivity contribution >= 4 is 0 Å². The molecule has 0 atom stereocenters. The molecule has 132 valence electrons. The zero-order valence-electron chi connectivity index (χ0n) is 14.5. The largest absolute Gasteiger partial charge is 0.493 e. The lowest BCUT2D eigenvalue weighted by molar-refractivity contribution is 0.305. The van der Waals surface area contributed by atoms with Crippen molar-refractivity contribution in [1.29, 1.82) is 5.26 Å². The molecule has 1 N–H and O–H groups in total. The van der Waals surface area contributed by atoms with Gasteiger partial charge in [0.05, 0.1) is 30.3 Å². The molecule has 2 aromatic heterocycles. The molecule has 2 heterocycles. The molecule has 1 aromatic carbocycles. The first kappa shape index (κ1) is 17.6. The predicted octanol–water partition coefficient (Wildman–Crippen LogP) is 4.25. The van der Waals surface area contributed by atoms with E-state index in [0.29, 0.717) is 35.7 Å². The van der Waals surface area contributed by atoms with Crippen LogP contribution in [0.3, 0.4) is 0 Å². The second-order valence-electron chi connectivity index (χ2n) is 5.90. The highest BCUT2D eigenvalue weighted by molar-refractivity contribution is 5.60. The molecule has 0 unspecified atom stereocenters. The number of nitrogens with one attached hydrogen (secondary N) is 1. The number of aromatic amines is 1. The SMILES string of the molecule is CCCCOc1cc(F)ccc1Cc1[nH]cnc1-c1cc(C#N)ccn1. The molecule has 6 heteroatoms. The van der Waals surface area contributed by atoms with Crippen molar-refractivity contribution in [2.45, 2.75) is 26.2 Å². The van der Waals surface area contributed by atoms with Crippen LogP contribution in [0, 0.1) is 17.1 Å². The van der Waals surface area contributed by atoms with E-state index in [9.17, 15) is 4.39 Å². The average molecular weight is 350 g/mol. The van der Waals surface area contributed by atoms with Crippen molar-refractivity contribution in [3.05, 3.63) is 65.5 Å². The van der Waals surface area contributed by atoms with Gasteiger partial charge in [0.2, 0.25) is 0 Å². The fourth-order valence-electron chi connectivity index (χ4n) is 2.63. The van der Waals surface area contributed by atoms with Crippen LogP contribution in [0.4, 0.5) is 4.39 Å². The number of halogens is 1. The summed E-state index contributed by atoms with van der Waals surface area (Å²) < 4.78 is 19.4. The van der Waals surface area contributed by atoms with E-state index >= 15 is 0 Å². The molecule has 0 aliphatic carbocycles. The number of hydrogen-bond acceptors (Lipinski definition) is 4. The minimum atomic E-state index is -0.325. The smallest absolute Gasteiger partial charge is 0.126 e. The molecule has 0 aliphatic rings. The lowest BCUT2D eigenvalue weighted by atomic mass is 10.1. The molecule has 3 rings (SSSR count). The van der Waals surface area contributed by atoms with E-state index in [-0.39, 0.29) is 5.82 Å². The van der Waals surface area contributed by atoms with Gasteiger partial charge >= 0.3 is 0 Å². The Morgan fingerprint density at radius 2 is 2.12 bits per heavy atom. The molecule has 0 amide bonds. The molecule has 0 radical (unpaired) electrons.